The Labute approximate surface area is 112 Å². The van der Waals surface area contributed by atoms with Crippen LogP contribution in [0.3, 0.4) is 0 Å². The molecule has 2 amide bonds. The average Bonchev–Trinajstić information content (AvgIpc) is 2.86. The van der Waals surface area contributed by atoms with E-state index in [1.807, 2.05) is 43.5 Å². The van der Waals surface area contributed by atoms with Gasteiger partial charge in [-0.15, -0.1) is 0 Å². The maximum atomic E-state index is 11.7. The molecule has 0 aliphatic heterocycles. The van der Waals surface area contributed by atoms with Gasteiger partial charge < -0.3 is 10.2 Å². The summed E-state index contributed by atoms with van der Waals surface area (Å²) in [6.45, 7) is 3.29. The Morgan fingerprint density at radius 3 is 2.79 bits per heavy atom. The minimum absolute atomic E-state index is 0.123. The Kier molecular flexibility index (Phi) is 4.18. The predicted molar refractivity (Wildman–Crippen MR) is 75.1 cm³/mol. The number of benzene rings is 1. The molecular formula is C14H18N4O. The van der Waals surface area contributed by atoms with E-state index >= 15 is 0 Å². The van der Waals surface area contributed by atoms with Gasteiger partial charge in [0.15, 0.2) is 0 Å². The summed E-state index contributed by atoms with van der Waals surface area (Å²) in [7, 11) is 1.75. The number of urea groups is 1. The minimum atomic E-state index is -0.123. The van der Waals surface area contributed by atoms with E-state index in [1.54, 1.807) is 22.8 Å². The van der Waals surface area contributed by atoms with Crippen molar-refractivity contribution < 1.29 is 4.79 Å². The number of rotatable bonds is 4. The summed E-state index contributed by atoms with van der Waals surface area (Å²) in [6, 6.07) is 9.95. The van der Waals surface area contributed by atoms with E-state index in [-0.39, 0.29) is 6.03 Å². The molecule has 0 atom stereocenters. The standard InChI is InChI=1S/C14H18N4O/c1-3-17(2)14(19)16-13-9-15-18(11-13)10-12-7-5-4-6-8-12/h4-9,11H,3,10H2,1-2H3,(H,16,19). The van der Waals surface area contributed by atoms with Crippen LogP contribution in [0.4, 0.5) is 10.5 Å². The first-order chi connectivity index (χ1) is 9.19. The quantitative estimate of drug-likeness (QED) is 0.915. The molecule has 0 radical (unpaired) electrons. The molecule has 0 spiro atoms. The molecular weight excluding hydrogens is 240 g/mol. The number of aromatic nitrogens is 2. The van der Waals surface area contributed by atoms with Gasteiger partial charge in [0.25, 0.3) is 0 Å². The molecule has 100 valence electrons. The van der Waals surface area contributed by atoms with Crippen molar-refractivity contribution in [2.45, 2.75) is 13.5 Å². The Morgan fingerprint density at radius 2 is 2.11 bits per heavy atom. The molecule has 5 nitrogen and oxygen atoms in total. The number of hydrogen-bond donors (Lipinski definition) is 1. The Hall–Kier alpha value is -2.30. The molecule has 0 bridgehead atoms. The van der Waals surface area contributed by atoms with Crippen LogP contribution in [0.25, 0.3) is 0 Å². The second-order valence-electron chi connectivity index (χ2n) is 4.36. The topological polar surface area (TPSA) is 50.2 Å². The van der Waals surface area contributed by atoms with Crippen molar-refractivity contribution in [2.75, 3.05) is 18.9 Å². The highest BCUT2D eigenvalue weighted by molar-refractivity contribution is 5.88. The Morgan fingerprint density at radius 1 is 1.37 bits per heavy atom. The van der Waals surface area contributed by atoms with Crippen LogP contribution in [-0.2, 0) is 6.54 Å². The highest BCUT2D eigenvalue weighted by Gasteiger charge is 2.07. The van der Waals surface area contributed by atoms with Crippen molar-refractivity contribution in [1.82, 2.24) is 14.7 Å². The number of hydrogen-bond acceptors (Lipinski definition) is 2. The zero-order chi connectivity index (χ0) is 13.7. The van der Waals surface area contributed by atoms with Gasteiger partial charge in [0, 0.05) is 19.8 Å². The predicted octanol–water partition coefficient (Wildman–Crippen LogP) is 2.42. The van der Waals surface area contributed by atoms with E-state index in [9.17, 15) is 4.79 Å². The van der Waals surface area contributed by atoms with E-state index < -0.39 is 0 Å². The molecule has 0 saturated carbocycles. The minimum Gasteiger partial charge on any atom is -0.328 e. The fourth-order valence-corrected chi connectivity index (χ4v) is 1.65. The van der Waals surface area contributed by atoms with E-state index in [1.165, 1.54) is 5.56 Å². The number of nitrogens with one attached hydrogen (secondary N) is 1. The summed E-state index contributed by atoms with van der Waals surface area (Å²) in [5.74, 6) is 0. The summed E-state index contributed by atoms with van der Waals surface area (Å²) in [5, 5.41) is 7.04. The number of anilines is 1. The summed E-state index contributed by atoms with van der Waals surface area (Å²) < 4.78 is 1.80. The van der Waals surface area contributed by atoms with E-state index in [4.69, 9.17) is 0 Å². The molecule has 1 aromatic carbocycles. The van der Waals surface area contributed by atoms with Crippen molar-refractivity contribution in [3.8, 4) is 0 Å². The van der Waals surface area contributed by atoms with Crippen LogP contribution in [0.2, 0.25) is 0 Å². The average molecular weight is 258 g/mol. The van der Waals surface area contributed by atoms with Gasteiger partial charge in [0.1, 0.15) is 0 Å². The maximum absolute atomic E-state index is 11.7. The van der Waals surface area contributed by atoms with Crippen LogP contribution in [-0.4, -0.2) is 34.3 Å². The zero-order valence-corrected chi connectivity index (χ0v) is 11.2. The smallest absolute Gasteiger partial charge is 0.321 e. The first-order valence-electron chi connectivity index (χ1n) is 6.27. The number of nitrogens with zero attached hydrogens (tertiary/aromatic N) is 3. The van der Waals surface area contributed by atoms with Gasteiger partial charge in [0.05, 0.1) is 18.4 Å². The maximum Gasteiger partial charge on any atom is 0.321 e. The summed E-state index contributed by atoms with van der Waals surface area (Å²) in [5.41, 5.74) is 1.88. The SMILES string of the molecule is CCN(C)C(=O)Nc1cnn(Cc2ccccc2)c1. The summed E-state index contributed by atoms with van der Waals surface area (Å²) >= 11 is 0. The van der Waals surface area contributed by atoms with Crippen LogP contribution in [0, 0.1) is 0 Å². The van der Waals surface area contributed by atoms with E-state index in [0.29, 0.717) is 18.8 Å². The van der Waals surface area contributed by atoms with Gasteiger partial charge in [-0.25, -0.2) is 4.79 Å². The van der Waals surface area contributed by atoms with E-state index in [2.05, 4.69) is 10.4 Å². The lowest BCUT2D eigenvalue weighted by Crippen LogP contribution is -2.30. The van der Waals surface area contributed by atoms with E-state index in [0.717, 1.165) is 0 Å². The second kappa shape index (κ2) is 6.04. The molecule has 0 saturated heterocycles. The van der Waals surface area contributed by atoms with Crippen molar-refractivity contribution in [3.63, 3.8) is 0 Å². The van der Waals surface area contributed by atoms with Crippen molar-refractivity contribution in [3.05, 3.63) is 48.3 Å². The van der Waals surface area contributed by atoms with Crippen LogP contribution in [0.15, 0.2) is 42.7 Å². The van der Waals surface area contributed by atoms with Gasteiger partial charge >= 0.3 is 6.03 Å². The fraction of sp³-hybridized carbons (Fsp3) is 0.286. The first-order valence-corrected chi connectivity index (χ1v) is 6.27. The van der Waals surface area contributed by atoms with Crippen LogP contribution in [0.1, 0.15) is 12.5 Å². The number of carbonyl (C=O) groups excluding carboxylic acids is 1. The highest BCUT2D eigenvalue weighted by Crippen LogP contribution is 2.08. The summed E-state index contributed by atoms with van der Waals surface area (Å²) in [6.07, 6.45) is 3.48. The van der Waals surface area contributed by atoms with Crippen molar-refractivity contribution in [1.29, 1.82) is 0 Å². The highest BCUT2D eigenvalue weighted by atomic mass is 16.2. The van der Waals surface area contributed by atoms with Gasteiger partial charge in [-0.2, -0.15) is 5.10 Å². The normalized spacial score (nSPS) is 10.2. The van der Waals surface area contributed by atoms with Crippen molar-refractivity contribution in [2.24, 2.45) is 0 Å². The molecule has 1 aromatic heterocycles. The van der Waals surface area contributed by atoms with Gasteiger partial charge in [-0.3, -0.25) is 4.68 Å². The van der Waals surface area contributed by atoms with Crippen LogP contribution >= 0.6 is 0 Å². The Bertz CT molecular complexity index is 535. The third-order valence-corrected chi connectivity index (χ3v) is 2.89. The van der Waals surface area contributed by atoms with Gasteiger partial charge in [0.2, 0.25) is 0 Å². The summed E-state index contributed by atoms with van der Waals surface area (Å²) in [4.78, 5) is 13.3. The molecule has 19 heavy (non-hydrogen) atoms. The first kappa shape index (κ1) is 13.1. The molecule has 0 aliphatic carbocycles. The lowest BCUT2D eigenvalue weighted by atomic mass is 10.2. The molecule has 2 rings (SSSR count). The third kappa shape index (κ3) is 3.58. The third-order valence-electron chi connectivity index (χ3n) is 2.89. The van der Waals surface area contributed by atoms with Crippen LogP contribution in [0.5, 0.6) is 0 Å². The Balaban J connectivity index is 1.98. The lowest BCUT2D eigenvalue weighted by molar-refractivity contribution is 0.224. The van der Waals surface area contributed by atoms with Crippen molar-refractivity contribution >= 4 is 11.7 Å². The van der Waals surface area contributed by atoms with Crippen LogP contribution < -0.4 is 5.32 Å². The van der Waals surface area contributed by atoms with Gasteiger partial charge in [-0.1, -0.05) is 30.3 Å². The number of amides is 2. The zero-order valence-electron chi connectivity index (χ0n) is 11.2. The second-order valence-corrected chi connectivity index (χ2v) is 4.36. The molecule has 1 N–H and O–H groups in total. The largest absolute Gasteiger partial charge is 0.328 e. The lowest BCUT2D eigenvalue weighted by Gasteiger charge is -2.14. The molecule has 2 aromatic rings. The molecule has 0 unspecified atom stereocenters. The molecule has 0 aliphatic rings. The monoisotopic (exact) mass is 258 g/mol. The number of carbonyl (C=O) groups is 1. The fourth-order valence-electron chi connectivity index (χ4n) is 1.65. The van der Waals surface area contributed by atoms with Gasteiger partial charge in [-0.05, 0) is 12.5 Å². The molecule has 1 heterocycles. The molecule has 5 heteroatoms. The molecule has 0 fully saturated rings.